The molecule has 2 aromatic rings. The molecular weight excluding hydrogens is 287 g/mol. The molecule has 0 spiro atoms. The molecule has 0 heterocycles. The highest BCUT2D eigenvalue weighted by molar-refractivity contribution is 7.73. The van der Waals surface area contributed by atoms with Crippen LogP contribution in [0.1, 0.15) is 27.7 Å². The van der Waals surface area contributed by atoms with Crippen molar-refractivity contribution in [2.45, 2.75) is 39.1 Å². The third kappa shape index (κ3) is 4.91. The van der Waals surface area contributed by atoms with Crippen molar-refractivity contribution in [3.63, 3.8) is 0 Å². The second-order valence-electron chi connectivity index (χ2n) is 6.40. The molecule has 2 rings (SSSR count). The van der Waals surface area contributed by atoms with E-state index in [0.717, 1.165) is 6.54 Å². The Labute approximate surface area is 136 Å². The van der Waals surface area contributed by atoms with Crippen LogP contribution in [0.3, 0.4) is 0 Å². The lowest BCUT2D eigenvalue weighted by Crippen LogP contribution is -2.52. The zero-order valence-corrected chi connectivity index (χ0v) is 14.9. The molecule has 2 N–H and O–H groups in total. The van der Waals surface area contributed by atoms with Gasteiger partial charge in [0, 0.05) is 5.54 Å². The highest BCUT2D eigenvalue weighted by Crippen LogP contribution is 2.37. The Morgan fingerprint density at radius 1 is 0.864 bits per heavy atom. The van der Waals surface area contributed by atoms with Crippen molar-refractivity contribution in [3.8, 4) is 0 Å². The summed E-state index contributed by atoms with van der Waals surface area (Å²) in [6.07, 6.45) is 0. The first kappa shape index (κ1) is 17.1. The standard InChI is InChI=1S/C19H27N2P/c1-5-20-18(21-19(2,3)4)22(16-12-8-6-9-13-16)17-14-10-7-11-15-17/h6-15,18,20-21H,5H2,1-4H3. The zero-order chi connectivity index (χ0) is 16.0. The first-order valence-corrected chi connectivity index (χ1v) is 9.33. The van der Waals surface area contributed by atoms with Crippen LogP contribution >= 0.6 is 7.92 Å². The minimum Gasteiger partial charge on any atom is -0.298 e. The van der Waals surface area contributed by atoms with Gasteiger partial charge in [-0.3, -0.25) is 10.6 Å². The van der Waals surface area contributed by atoms with Crippen LogP contribution in [0.2, 0.25) is 0 Å². The molecule has 118 valence electrons. The fourth-order valence-corrected chi connectivity index (χ4v) is 5.20. The van der Waals surface area contributed by atoms with E-state index >= 15 is 0 Å². The summed E-state index contributed by atoms with van der Waals surface area (Å²) in [4.78, 5) is 0. The molecule has 0 saturated heterocycles. The Bertz CT molecular complexity index is 509. The topological polar surface area (TPSA) is 24.1 Å². The van der Waals surface area contributed by atoms with Gasteiger partial charge in [0.25, 0.3) is 0 Å². The summed E-state index contributed by atoms with van der Waals surface area (Å²) in [5.74, 6) is 0.254. The Hall–Kier alpha value is -1.21. The molecule has 1 unspecified atom stereocenters. The van der Waals surface area contributed by atoms with Crippen molar-refractivity contribution in [2.75, 3.05) is 6.54 Å². The van der Waals surface area contributed by atoms with E-state index in [0.29, 0.717) is 0 Å². The molecule has 0 aromatic heterocycles. The van der Waals surface area contributed by atoms with Crippen LogP contribution in [0.5, 0.6) is 0 Å². The SMILES string of the molecule is CCNC(NC(C)(C)C)P(c1ccccc1)c1ccccc1. The van der Waals surface area contributed by atoms with E-state index in [1.54, 1.807) is 0 Å². The normalized spacial score (nSPS) is 13.3. The number of benzene rings is 2. The second-order valence-corrected chi connectivity index (χ2v) is 8.68. The van der Waals surface area contributed by atoms with Crippen LogP contribution in [0.15, 0.2) is 60.7 Å². The van der Waals surface area contributed by atoms with Gasteiger partial charge >= 0.3 is 0 Å². The van der Waals surface area contributed by atoms with Crippen LogP contribution in [0.4, 0.5) is 0 Å². The van der Waals surface area contributed by atoms with Crippen molar-refractivity contribution in [2.24, 2.45) is 0 Å². The molecule has 22 heavy (non-hydrogen) atoms. The maximum Gasteiger partial charge on any atom is 0.0862 e. The third-order valence-electron chi connectivity index (χ3n) is 3.29. The van der Waals surface area contributed by atoms with Gasteiger partial charge in [-0.1, -0.05) is 67.6 Å². The molecule has 2 aromatic carbocycles. The van der Waals surface area contributed by atoms with Gasteiger partial charge in [0.05, 0.1) is 5.91 Å². The van der Waals surface area contributed by atoms with Crippen molar-refractivity contribution < 1.29 is 0 Å². The minimum atomic E-state index is -0.507. The third-order valence-corrected chi connectivity index (χ3v) is 5.83. The van der Waals surface area contributed by atoms with Crippen molar-refractivity contribution in [1.29, 1.82) is 0 Å². The number of hydrogen-bond donors (Lipinski definition) is 2. The van der Waals surface area contributed by atoms with Crippen molar-refractivity contribution in [1.82, 2.24) is 10.6 Å². The molecule has 0 radical (unpaired) electrons. The molecule has 0 aliphatic heterocycles. The van der Waals surface area contributed by atoms with E-state index in [4.69, 9.17) is 0 Å². The Balaban J connectivity index is 2.41. The predicted octanol–water partition coefficient (Wildman–Crippen LogP) is 3.40. The number of hydrogen-bond acceptors (Lipinski definition) is 2. The molecule has 3 heteroatoms. The van der Waals surface area contributed by atoms with Gasteiger partial charge in [0.15, 0.2) is 0 Å². The van der Waals surface area contributed by atoms with Gasteiger partial charge in [0.1, 0.15) is 0 Å². The predicted molar refractivity (Wildman–Crippen MR) is 99.4 cm³/mol. The van der Waals surface area contributed by atoms with Crippen LogP contribution in [-0.2, 0) is 0 Å². The van der Waals surface area contributed by atoms with Gasteiger partial charge in [-0.2, -0.15) is 0 Å². The lowest BCUT2D eigenvalue weighted by molar-refractivity contribution is 0.384. The largest absolute Gasteiger partial charge is 0.298 e. The molecule has 0 bridgehead atoms. The van der Waals surface area contributed by atoms with Crippen LogP contribution in [0.25, 0.3) is 0 Å². The van der Waals surface area contributed by atoms with Crippen LogP contribution in [-0.4, -0.2) is 18.0 Å². The van der Waals surface area contributed by atoms with E-state index in [1.165, 1.54) is 10.6 Å². The van der Waals surface area contributed by atoms with Crippen molar-refractivity contribution >= 4 is 18.5 Å². The summed E-state index contributed by atoms with van der Waals surface area (Å²) >= 11 is 0. The Morgan fingerprint density at radius 2 is 1.32 bits per heavy atom. The molecule has 0 aliphatic carbocycles. The molecule has 0 fully saturated rings. The molecule has 0 aliphatic rings. The van der Waals surface area contributed by atoms with Gasteiger partial charge in [0.2, 0.25) is 0 Å². The molecule has 0 saturated carbocycles. The molecule has 1 atom stereocenters. The van der Waals surface area contributed by atoms with Crippen LogP contribution < -0.4 is 21.2 Å². The highest BCUT2D eigenvalue weighted by Gasteiger charge is 2.27. The Morgan fingerprint density at radius 3 is 1.68 bits per heavy atom. The summed E-state index contributed by atoms with van der Waals surface area (Å²) in [5.41, 5.74) is 0.0664. The second kappa shape index (κ2) is 7.87. The number of rotatable bonds is 6. The average Bonchev–Trinajstić information content (AvgIpc) is 2.48. The quantitative estimate of drug-likeness (QED) is 0.631. The smallest absolute Gasteiger partial charge is 0.0862 e. The minimum absolute atomic E-state index is 0.0664. The lowest BCUT2D eigenvalue weighted by atomic mass is 10.1. The maximum absolute atomic E-state index is 3.77. The van der Waals surface area contributed by atoms with E-state index in [1.807, 2.05) is 0 Å². The summed E-state index contributed by atoms with van der Waals surface area (Å²) in [6, 6.07) is 21.7. The fourth-order valence-electron chi connectivity index (χ4n) is 2.43. The maximum atomic E-state index is 3.77. The lowest BCUT2D eigenvalue weighted by Gasteiger charge is -2.35. The zero-order valence-electron chi connectivity index (χ0n) is 14.0. The summed E-state index contributed by atoms with van der Waals surface area (Å²) in [7, 11) is -0.507. The fraction of sp³-hybridized carbons (Fsp3) is 0.368. The van der Waals surface area contributed by atoms with Crippen LogP contribution in [0, 0.1) is 0 Å². The molecule has 2 nitrogen and oxygen atoms in total. The number of nitrogens with one attached hydrogen (secondary N) is 2. The van der Waals surface area contributed by atoms with Gasteiger partial charge in [-0.05, 0) is 45.8 Å². The molecular formula is C19H27N2P. The summed E-state index contributed by atoms with van der Waals surface area (Å²) in [6.45, 7) is 9.79. The molecule has 0 amide bonds. The van der Waals surface area contributed by atoms with E-state index < -0.39 is 7.92 Å². The summed E-state index contributed by atoms with van der Waals surface area (Å²) in [5, 5.41) is 10.2. The average molecular weight is 314 g/mol. The Kier molecular flexibility index (Phi) is 6.14. The van der Waals surface area contributed by atoms with Crippen molar-refractivity contribution in [3.05, 3.63) is 60.7 Å². The van der Waals surface area contributed by atoms with Gasteiger partial charge in [-0.25, -0.2) is 0 Å². The highest BCUT2D eigenvalue weighted by atomic mass is 31.1. The first-order chi connectivity index (χ1) is 10.5. The summed E-state index contributed by atoms with van der Waals surface area (Å²) < 4.78 is 0. The first-order valence-electron chi connectivity index (χ1n) is 7.91. The van der Waals surface area contributed by atoms with E-state index in [2.05, 4.69) is 99.0 Å². The van der Waals surface area contributed by atoms with E-state index in [9.17, 15) is 0 Å². The van der Waals surface area contributed by atoms with Gasteiger partial charge in [-0.15, -0.1) is 0 Å². The monoisotopic (exact) mass is 314 g/mol. The van der Waals surface area contributed by atoms with E-state index in [-0.39, 0.29) is 11.4 Å². The van der Waals surface area contributed by atoms with Gasteiger partial charge < -0.3 is 0 Å².